The number of hydrogen-bond acceptors (Lipinski definition) is 4. The summed E-state index contributed by atoms with van der Waals surface area (Å²) in [6.07, 6.45) is 2.35. The van der Waals surface area contributed by atoms with Crippen LogP contribution < -0.4 is 5.32 Å². The van der Waals surface area contributed by atoms with E-state index in [2.05, 4.69) is 5.32 Å². The molecule has 1 aliphatic rings. The van der Waals surface area contributed by atoms with Gasteiger partial charge in [-0.15, -0.1) is 0 Å². The molecule has 1 fully saturated rings. The van der Waals surface area contributed by atoms with Gasteiger partial charge in [0.1, 0.15) is 0 Å². The van der Waals surface area contributed by atoms with Gasteiger partial charge in [-0.1, -0.05) is 0 Å². The van der Waals surface area contributed by atoms with Gasteiger partial charge in [-0.2, -0.15) is 11.8 Å². The lowest BCUT2D eigenvalue weighted by Gasteiger charge is -2.22. The van der Waals surface area contributed by atoms with Crippen LogP contribution in [0, 0.1) is 0 Å². The highest BCUT2D eigenvalue weighted by Crippen LogP contribution is 2.16. The molecule has 0 aliphatic carbocycles. The van der Waals surface area contributed by atoms with Crippen LogP contribution in [0.3, 0.4) is 0 Å². The molecule has 15 heavy (non-hydrogen) atoms. The largest absolute Gasteiger partial charge is 0.313 e. The van der Waals surface area contributed by atoms with Crippen LogP contribution in [-0.2, 0) is 9.84 Å². The highest BCUT2D eigenvalue weighted by Gasteiger charge is 2.17. The lowest BCUT2D eigenvalue weighted by Crippen LogP contribution is -2.36. The average Bonchev–Trinajstić information content (AvgIpc) is 2.19. The van der Waals surface area contributed by atoms with Gasteiger partial charge in [0.2, 0.25) is 0 Å². The second-order valence-electron chi connectivity index (χ2n) is 4.26. The Morgan fingerprint density at radius 3 is 2.47 bits per heavy atom. The molecule has 3 nitrogen and oxygen atoms in total. The zero-order valence-corrected chi connectivity index (χ0v) is 11.2. The maximum atomic E-state index is 11.5. The molecule has 0 aromatic rings. The van der Waals surface area contributed by atoms with Crippen LogP contribution >= 0.6 is 11.8 Å². The van der Waals surface area contributed by atoms with Gasteiger partial charge in [0.25, 0.3) is 0 Å². The van der Waals surface area contributed by atoms with Crippen molar-refractivity contribution in [1.82, 2.24) is 5.32 Å². The van der Waals surface area contributed by atoms with Crippen molar-refractivity contribution in [3.05, 3.63) is 0 Å². The van der Waals surface area contributed by atoms with Crippen LogP contribution in [0.2, 0.25) is 0 Å². The van der Waals surface area contributed by atoms with Gasteiger partial charge in [-0.3, -0.25) is 0 Å². The van der Waals surface area contributed by atoms with E-state index in [1.165, 1.54) is 24.3 Å². The number of rotatable bonds is 5. The molecule has 0 amide bonds. The Hall–Kier alpha value is 0.260. The van der Waals surface area contributed by atoms with E-state index in [1.807, 2.05) is 11.8 Å². The normalized spacial score (nSPS) is 19.7. The van der Waals surface area contributed by atoms with Crippen LogP contribution in [-0.4, -0.2) is 43.5 Å². The predicted molar refractivity (Wildman–Crippen MR) is 67.3 cm³/mol. The molecule has 0 spiro atoms. The predicted octanol–water partition coefficient (Wildman–Crippen LogP) is 1.29. The minimum atomic E-state index is -2.87. The van der Waals surface area contributed by atoms with Gasteiger partial charge in [0, 0.05) is 12.6 Å². The van der Waals surface area contributed by atoms with Gasteiger partial charge in [0.15, 0.2) is 9.84 Å². The number of thioether (sulfide) groups is 1. The third-order valence-electron chi connectivity index (χ3n) is 2.76. The summed E-state index contributed by atoms with van der Waals surface area (Å²) in [5.74, 6) is 2.68. The maximum absolute atomic E-state index is 11.5. The summed E-state index contributed by atoms with van der Waals surface area (Å²) >= 11 is 1.98. The lowest BCUT2D eigenvalue weighted by molar-refractivity contribution is 0.494. The Labute approximate surface area is 97.3 Å². The zero-order valence-electron chi connectivity index (χ0n) is 9.53. The van der Waals surface area contributed by atoms with E-state index in [9.17, 15) is 8.42 Å². The molecule has 5 heteroatoms. The number of nitrogens with one attached hydrogen (secondary N) is 1. The lowest BCUT2D eigenvalue weighted by atomic mass is 10.1. The summed E-state index contributed by atoms with van der Waals surface area (Å²) in [5, 5.41) is 3.09. The van der Waals surface area contributed by atoms with Crippen molar-refractivity contribution in [2.24, 2.45) is 0 Å². The minimum absolute atomic E-state index is 0.249. The zero-order chi connectivity index (χ0) is 11.3. The van der Waals surface area contributed by atoms with Crippen LogP contribution in [0.25, 0.3) is 0 Å². The fraction of sp³-hybridized carbons (Fsp3) is 1.00. The molecule has 0 aromatic heterocycles. The summed E-state index contributed by atoms with van der Waals surface area (Å²) in [4.78, 5) is 0. The molecule has 1 N–H and O–H groups in total. The monoisotopic (exact) mass is 251 g/mol. The Morgan fingerprint density at radius 2 is 1.93 bits per heavy atom. The van der Waals surface area contributed by atoms with Crippen molar-refractivity contribution in [2.45, 2.75) is 38.0 Å². The van der Waals surface area contributed by atoms with Crippen molar-refractivity contribution in [3.63, 3.8) is 0 Å². The van der Waals surface area contributed by atoms with Crippen molar-refractivity contribution < 1.29 is 8.42 Å². The van der Waals surface area contributed by atoms with E-state index >= 15 is 0 Å². The number of sulfone groups is 1. The fourth-order valence-corrected chi connectivity index (χ4v) is 3.52. The molecule has 0 atom stereocenters. The molecule has 1 saturated heterocycles. The van der Waals surface area contributed by atoms with E-state index in [1.54, 1.807) is 13.8 Å². The topological polar surface area (TPSA) is 46.2 Å². The molecule has 0 saturated carbocycles. The van der Waals surface area contributed by atoms with E-state index in [0.29, 0.717) is 12.6 Å². The van der Waals surface area contributed by atoms with E-state index in [4.69, 9.17) is 0 Å². The van der Waals surface area contributed by atoms with Crippen molar-refractivity contribution in [1.29, 1.82) is 0 Å². The second kappa shape index (κ2) is 6.11. The SMILES string of the molecule is CC(C)S(=O)(=O)CCNC1CCSCC1. The molecule has 1 aliphatic heterocycles. The quantitative estimate of drug-likeness (QED) is 0.800. The number of hydrogen-bond donors (Lipinski definition) is 1. The van der Waals surface area contributed by atoms with Gasteiger partial charge in [0.05, 0.1) is 11.0 Å². The first-order valence-electron chi connectivity index (χ1n) is 5.55. The van der Waals surface area contributed by atoms with Crippen LogP contribution in [0.1, 0.15) is 26.7 Å². The van der Waals surface area contributed by atoms with E-state index in [-0.39, 0.29) is 11.0 Å². The first kappa shape index (κ1) is 13.3. The summed E-state index contributed by atoms with van der Waals surface area (Å²) in [5.41, 5.74) is 0. The molecule has 1 heterocycles. The summed E-state index contributed by atoms with van der Waals surface area (Å²) in [6, 6.07) is 0.536. The second-order valence-corrected chi connectivity index (χ2v) is 8.16. The van der Waals surface area contributed by atoms with Crippen LogP contribution in [0.4, 0.5) is 0 Å². The molecule has 0 unspecified atom stereocenters. The van der Waals surface area contributed by atoms with Crippen LogP contribution in [0.5, 0.6) is 0 Å². The summed E-state index contributed by atoms with van der Waals surface area (Å²) in [7, 11) is -2.87. The maximum Gasteiger partial charge on any atom is 0.153 e. The molecule has 90 valence electrons. The highest BCUT2D eigenvalue weighted by atomic mass is 32.2. The molecule has 1 rings (SSSR count). The molecular formula is C10H21NO2S2. The van der Waals surface area contributed by atoms with Gasteiger partial charge in [-0.25, -0.2) is 8.42 Å². The van der Waals surface area contributed by atoms with Crippen molar-refractivity contribution in [3.8, 4) is 0 Å². The third-order valence-corrected chi connectivity index (χ3v) is 6.02. The van der Waals surface area contributed by atoms with Gasteiger partial charge < -0.3 is 5.32 Å². The first-order valence-corrected chi connectivity index (χ1v) is 8.42. The third kappa shape index (κ3) is 4.74. The summed E-state index contributed by atoms with van der Waals surface area (Å²) in [6.45, 7) is 4.09. The molecule has 0 aromatic carbocycles. The highest BCUT2D eigenvalue weighted by molar-refractivity contribution is 7.99. The Balaban J connectivity index is 2.20. The molecule has 0 radical (unpaired) electrons. The van der Waals surface area contributed by atoms with Gasteiger partial charge >= 0.3 is 0 Å². The van der Waals surface area contributed by atoms with E-state index < -0.39 is 9.84 Å². The standard InChI is InChI=1S/C10H21NO2S2/c1-9(2)15(12,13)8-5-11-10-3-6-14-7-4-10/h9-11H,3-8H2,1-2H3. The molecule has 0 bridgehead atoms. The first-order chi connectivity index (χ1) is 7.02. The fourth-order valence-electron chi connectivity index (χ4n) is 1.54. The van der Waals surface area contributed by atoms with Crippen molar-refractivity contribution >= 4 is 21.6 Å². The smallest absolute Gasteiger partial charge is 0.153 e. The average molecular weight is 251 g/mol. The summed E-state index contributed by atoms with van der Waals surface area (Å²) < 4.78 is 23.1. The Bertz CT molecular complexity index is 269. The Kier molecular flexibility index (Phi) is 5.43. The Morgan fingerprint density at radius 1 is 1.33 bits per heavy atom. The van der Waals surface area contributed by atoms with Crippen molar-refractivity contribution in [2.75, 3.05) is 23.8 Å². The van der Waals surface area contributed by atoms with Gasteiger partial charge in [-0.05, 0) is 38.2 Å². The van der Waals surface area contributed by atoms with E-state index in [0.717, 1.165) is 0 Å². The van der Waals surface area contributed by atoms with Crippen LogP contribution in [0.15, 0.2) is 0 Å². The molecular weight excluding hydrogens is 230 g/mol. The minimum Gasteiger partial charge on any atom is -0.313 e.